The summed E-state index contributed by atoms with van der Waals surface area (Å²) in [7, 11) is 0. The summed E-state index contributed by atoms with van der Waals surface area (Å²) in [6.45, 7) is 1.99. The minimum absolute atomic E-state index is 0.209. The molecular formula is C20H20N2O4. The Kier molecular flexibility index (Phi) is 5.31. The smallest absolute Gasteiger partial charge is 0.326 e. The van der Waals surface area contributed by atoms with E-state index in [1.807, 2.05) is 61.5 Å². The lowest BCUT2D eigenvalue weighted by molar-refractivity contribution is -0.143. The lowest BCUT2D eigenvalue weighted by Crippen LogP contribution is -2.46. The highest BCUT2D eigenvalue weighted by atomic mass is 16.6. The second-order valence-electron chi connectivity index (χ2n) is 6.29. The van der Waals surface area contributed by atoms with Crippen molar-refractivity contribution in [1.29, 1.82) is 0 Å². The van der Waals surface area contributed by atoms with Gasteiger partial charge in [-0.3, -0.25) is 4.79 Å². The number of aryl methyl sites for hydroxylation is 1. The maximum Gasteiger partial charge on any atom is 0.326 e. The number of carboxylic acids is 1. The fraction of sp³-hybridized carbons (Fsp3) is 0.250. The minimum Gasteiger partial charge on any atom is -0.480 e. The van der Waals surface area contributed by atoms with Crippen LogP contribution in [0.25, 0.3) is 0 Å². The van der Waals surface area contributed by atoms with Crippen LogP contribution in [0.2, 0.25) is 0 Å². The van der Waals surface area contributed by atoms with Crippen molar-refractivity contribution in [2.75, 3.05) is 0 Å². The Bertz CT molecular complexity index is 815. The summed E-state index contributed by atoms with van der Waals surface area (Å²) in [4.78, 5) is 29.1. The van der Waals surface area contributed by atoms with Gasteiger partial charge in [0.2, 0.25) is 6.10 Å². The molecule has 2 aromatic carbocycles. The molecule has 1 aliphatic rings. The van der Waals surface area contributed by atoms with E-state index in [2.05, 4.69) is 10.5 Å². The summed E-state index contributed by atoms with van der Waals surface area (Å²) >= 11 is 0. The quantitative estimate of drug-likeness (QED) is 0.835. The molecule has 1 aliphatic heterocycles. The molecule has 0 saturated carbocycles. The Hall–Kier alpha value is -3.15. The van der Waals surface area contributed by atoms with Gasteiger partial charge in [0.25, 0.3) is 5.91 Å². The van der Waals surface area contributed by atoms with Crippen LogP contribution in [-0.2, 0) is 20.8 Å². The van der Waals surface area contributed by atoms with Crippen molar-refractivity contribution >= 4 is 17.6 Å². The number of rotatable bonds is 6. The molecule has 6 nitrogen and oxygen atoms in total. The maximum absolute atomic E-state index is 12.4. The maximum atomic E-state index is 12.4. The average molecular weight is 352 g/mol. The minimum atomic E-state index is -1.08. The van der Waals surface area contributed by atoms with Crippen LogP contribution in [0, 0.1) is 6.92 Å². The molecule has 2 N–H and O–H groups in total. The molecule has 26 heavy (non-hydrogen) atoms. The number of carbonyl (C=O) groups is 2. The largest absolute Gasteiger partial charge is 0.480 e. The summed E-state index contributed by atoms with van der Waals surface area (Å²) in [5, 5.41) is 15.9. The molecule has 0 fully saturated rings. The van der Waals surface area contributed by atoms with Crippen molar-refractivity contribution in [2.45, 2.75) is 31.9 Å². The molecule has 0 bridgehead atoms. The number of nitrogens with one attached hydrogen (secondary N) is 1. The van der Waals surface area contributed by atoms with Crippen LogP contribution in [0.4, 0.5) is 0 Å². The van der Waals surface area contributed by atoms with Crippen LogP contribution in [0.5, 0.6) is 0 Å². The molecule has 1 amide bonds. The molecule has 3 rings (SSSR count). The molecule has 0 saturated heterocycles. The van der Waals surface area contributed by atoms with Crippen molar-refractivity contribution in [3.05, 3.63) is 71.3 Å². The number of carboxylic acid groups (broad SMARTS) is 1. The fourth-order valence-electron chi connectivity index (χ4n) is 2.75. The van der Waals surface area contributed by atoms with Gasteiger partial charge in [0.1, 0.15) is 6.04 Å². The molecule has 134 valence electrons. The Balaban J connectivity index is 1.60. The van der Waals surface area contributed by atoms with Crippen molar-refractivity contribution in [2.24, 2.45) is 5.16 Å². The number of oxime groups is 1. The standard InChI is InChI=1S/C20H20N2O4/c1-13-7-9-15(10-8-13)16-12-18(26-22-16)19(23)21-17(20(24)25)11-14-5-3-2-4-6-14/h2-10,17-18H,11-12H2,1H3,(H,21,23)(H,24,25). The van der Waals surface area contributed by atoms with Crippen LogP contribution in [0.1, 0.15) is 23.1 Å². The highest BCUT2D eigenvalue weighted by molar-refractivity contribution is 6.04. The van der Waals surface area contributed by atoms with E-state index in [1.165, 1.54) is 0 Å². The van der Waals surface area contributed by atoms with E-state index < -0.39 is 24.0 Å². The van der Waals surface area contributed by atoms with Gasteiger partial charge in [-0.05, 0) is 18.1 Å². The van der Waals surface area contributed by atoms with E-state index in [1.54, 1.807) is 0 Å². The first kappa shape index (κ1) is 17.7. The third-order valence-corrected chi connectivity index (χ3v) is 4.24. The summed E-state index contributed by atoms with van der Waals surface area (Å²) in [5.74, 6) is -1.56. The molecular weight excluding hydrogens is 332 g/mol. The molecule has 0 radical (unpaired) electrons. The summed E-state index contributed by atoms with van der Waals surface area (Å²) in [5.41, 5.74) is 3.54. The van der Waals surface area contributed by atoms with Crippen LogP contribution in [0.3, 0.4) is 0 Å². The zero-order valence-electron chi connectivity index (χ0n) is 14.4. The van der Waals surface area contributed by atoms with Crippen molar-refractivity contribution in [1.82, 2.24) is 5.32 Å². The van der Waals surface area contributed by atoms with Crippen LogP contribution in [0.15, 0.2) is 59.8 Å². The Morgan fingerprint density at radius 2 is 1.88 bits per heavy atom. The van der Waals surface area contributed by atoms with E-state index in [0.717, 1.165) is 16.7 Å². The first-order chi connectivity index (χ1) is 12.5. The zero-order chi connectivity index (χ0) is 18.5. The first-order valence-corrected chi connectivity index (χ1v) is 8.40. The molecule has 0 aliphatic carbocycles. The number of hydrogen-bond acceptors (Lipinski definition) is 4. The molecule has 2 aromatic rings. The van der Waals surface area contributed by atoms with Crippen molar-refractivity contribution < 1.29 is 19.5 Å². The predicted molar refractivity (Wildman–Crippen MR) is 96.9 cm³/mol. The van der Waals surface area contributed by atoms with Crippen molar-refractivity contribution in [3.8, 4) is 0 Å². The Morgan fingerprint density at radius 3 is 2.54 bits per heavy atom. The number of benzene rings is 2. The third-order valence-electron chi connectivity index (χ3n) is 4.24. The number of amides is 1. The van der Waals surface area contributed by atoms with Crippen molar-refractivity contribution in [3.63, 3.8) is 0 Å². The zero-order valence-corrected chi connectivity index (χ0v) is 14.4. The number of hydrogen-bond donors (Lipinski definition) is 2. The Morgan fingerprint density at radius 1 is 1.19 bits per heavy atom. The summed E-state index contributed by atoms with van der Waals surface area (Å²) in [6.07, 6.45) is -0.295. The van der Waals surface area contributed by atoms with Crippen LogP contribution >= 0.6 is 0 Å². The van der Waals surface area contributed by atoms with Gasteiger partial charge in [0, 0.05) is 12.8 Å². The number of carbonyl (C=O) groups excluding carboxylic acids is 1. The van der Waals surface area contributed by atoms with Gasteiger partial charge in [-0.1, -0.05) is 65.3 Å². The topological polar surface area (TPSA) is 88.0 Å². The molecule has 1 heterocycles. The first-order valence-electron chi connectivity index (χ1n) is 8.40. The second kappa shape index (κ2) is 7.82. The fourth-order valence-corrected chi connectivity index (χ4v) is 2.75. The predicted octanol–water partition coefficient (Wildman–Crippen LogP) is 2.30. The van der Waals surface area contributed by atoms with Gasteiger partial charge >= 0.3 is 5.97 Å². The van der Waals surface area contributed by atoms with Gasteiger partial charge < -0.3 is 15.3 Å². The molecule has 2 atom stereocenters. The van der Waals surface area contributed by atoms with E-state index in [9.17, 15) is 14.7 Å². The van der Waals surface area contributed by atoms with E-state index in [4.69, 9.17) is 4.84 Å². The van der Waals surface area contributed by atoms with Gasteiger partial charge in [-0.25, -0.2) is 4.79 Å². The molecule has 6 heteroatoms. The van der Waals surface area contributed by atoms with E-state index in [-0.39, 0.29) is 6.42 Å². The highest BCUT2D eigenvalue weighted by Gasteiger charge is 2.31. The molecule has 0 aromatic heterocycles. The normalized spacial score (nSPS) is 17.1. The van der Waals surface area contributed by atoms with Gasteiger partial charge in [-0.15, -0.1) is 0 Å². The third kappa shape index (κ3) is 4.27. The van der Waals surface area contributed by atoms with E-state index in [0.29, 0.717) is 12.1 Å². The second-order valence-corrected chi connectivity index (χ2v) is 6.29. The van der Waals surface area contributed by atoms with E-state index >= 15 is 0 Å². The van der Waals surface area contributed by atoms with Crippen LogP contribution < -0.4 is 5.32 Å². The Labute approximate surface area is 151 Å². The highest BCUT2D eigenvalue weighted by Crippen LogP contribution is 2.18. The van der Waals surface area contributed by atoms with Crippen LogP contribution in [-0.4, -0.2) is 34.8 Å². The van der Waals surface area contributed by atoms with Gasteiger partial charge in [0.05, 0.1) is 5.71 Å². The number of aliphatic carboxylic acids is 1. The lowest BCUT2D eigenvalue weighted by Gasteiger charge is -2.16. The lowest BCUT2D eigenvalue weighted by atomic mass is 10.0. The van der Waals surface area contributed by atoms with Gasteiger partial charge in [0.15, 0.2) is 0 Å². The monoisotopic (exact) mass is 352 g/mol. The van der Waals surface area contributed by atoms with Gasteiger partial charge in [-0.2, -0.15) is 0 Å². The molecule has 0 spiro atoms. The number of nitrogens with zero attached hydrogens (tertiary/aromatic N) is 1. The summed E-state index contributed by atoms with van der Waals surface area (Å²) < 4.78 is 0. The summed E-state index contributed by atoms with van der Waals surface area (Å²) in [6, 6.07) is 15.9. The molecule has 2 unspecified atom stereocenters. The SMILES string of the molecule is Cc1ccc(C2=NOC(C(=O)NC(Cc3ccccc3)C(=O)O)C2)cc1. The average Bonchev–Trinajstić information content (AvgIpc) is 3.13.